The Morgan fingerprint density at radius 2 is 2.00 bits per heavy atom. The fraction of sp³-hybridized carbons (Fsp3) is 0. The molecule has 0 aliphatic carbocycles. The summed E-state index contributed by atoms with van der Waals surface area (Å²) in [5.74, 6) is -2.04. The highest BCUT2D eigenvalue weighted by molar-refractivity contribution is 6.30. The van der Waals surface area contributed by atoms with Crippen molar-refractivity contribution in [1.82, 2.24) is 4.98 Å². The van der Waals surface area contributed by atoms with Crippen LogP contribution < -0.4 is 5.32 Å². The number of nitrogens with one attached hydrogen (secondary N) is 1. The minimum atomic E-state index is -0.727. The van der Waals surface area contributed by atoms with E-state index >= 15 is 0 Å². The SMILES string of the molecule is O=C(Nc1ccc(F)nc1)c1ccc(Cl)cc1F. The van der Waals surface area contributed by atoms with Gasteiger partial charge in [0, 0.05) is 5.02 Å². The van der Waals surface area contributed by atoms with Gasteiger partial charge in [-0.3, -0.25) is 4.79 Å². The fourth-order valence-corrected chi connectivity index (χ4v) is 1.48. The molecule has 1 aromatic carbocycles. The number of anilines is 1. The molecule has 1 amide bonds. The zero-order chi connectivity index (χ0) is 13.1. The van der Waals surface area contributed by atoms with Gasteiger partial charge >= 0.3 is 0 Å². The van der Waals surface area contributed by atoms with Crippen LogP contribution in [0.4, 0.5) is 14.5 Å². The lowest BCUT2D eigenvalue weighted by Gasteiger charge is -2.05. The topological polar surface area (TPSA) is 42.0 Å². The van der Waals surface area contributed by atoms with Gasteiger partial charge in [0.05, 0.1) is 17.4 Å². The molecular weight excluding hydrogens is 262 g/mol. The van der Waals surface area contributed by atoms with Crippen molar-refractivity contribution < 1.29 is 13.6 Å². The van der Waals surface area contributed by atoms with Crippen molar-refractivity contribution in [2.45, 2.75) is 0 Å². The van der Waals surface area contributed by atoms with Gasteiger partial charge in [0.1, 0.15) is 5.82 Å². The van der Waals surface area contributed by atoms with E-state index < -0.39 is 17.7 Å². The predicted molar refractivity (Wildman–Crippen MR) is 63.6 cm³/mol. The van der Waals surface area contributed by atoms with Gasteiger partial charge in [0.15, 0.2) is 0 Å². The zero-order valence-electron chi connectivity index (χ0n) is 8.95. The number of rotatable bonds is 2. The maximum atomic E-state index is 13.4. The minimum Gasteiger partial charge on any atom is -0.320 e. The van der Waals surface area contributed by atoms with Crippen LogP contribution in [0.1, 0.15) is 10.4 Å². The Morgan fingerprint density at radius 1 is 1.22 bits per heavy atom. The van der Waals surface area contributed by atoms with Gasteiger partial charge in [-0.15, -0.1) is 0 Å². The van der Waals surface area contributed by atoms with Crippen LogP contribution in [-0.4, -0.2) is 10.9 Å². The highest BCUT2D eigenvalue weighted by atomic mass is 35.5. The van der Waals surface area contributed by atoms with Crippen LogP contribution in [0, 0.1) is 11.8 Å². The molecule has 2 rings (SSSR count). The molecule has 0 bridgehead atoms. The molecular formula is C12H7ClF2N2O. The summed E-state index contributed by atoms with van der Waals surface area (Å²) in [6.07, 6.45) is 1.14. The lowest BCUT2D eigenvalue weighted by molar-refractivity contribution is 0.102. The molecule has 1 N–H and O–H groups in total. The Labute approximate surface area is 106 Å². The number of pyridine rings is 1. The first-order valence-electron chi connectivity index (χ1n) is 4.94. The second-order valence-corrected chi connectivity index (χ2v) is 3.88. The fourth-order valence-electron chi connectivity index (χ4n) is 1.32. The number of benzene rings is 1. The molecule has 0 spiro atoms. The molecule has 92 valence electrons. The lowest BCUT2D eigenvalue weighted by atomic mass is 10.2. The molecule has 0 fully saturated rings. The first-order valence-corrected chi connectivity index (χ1v) is 5.32. The first kappa shape index (κ1) is 12.4. The van der Waals surface area contributed by atoms with Crippen molar-refractivity contribution in [3.05, 3.63) is 58.9 Å². The van der Waals surface area contributed by atoms with Gasteiger partial charge in [0.2, 0.25) is 5.95 Å². The molecule has 18 heavy (non-hydrogen) atoms. The quantitative estimate of drug-likeness (QED) is 0.850. The molecule has 1 aromatic heterocycles. The second-order valence-electron chi connectivity index (χ2n) is 3.45. The molecule has 0 saturated carbocycles. The van der Waals surface area contributed by atoms with Crippen LogP contribution in [0.3, 0.4) is 0 Å². The average molecular weight is 269 g/mol. The van der Waals surface area contributed by atoms with Crippen LogP contribution in [0.25, 0.3) is 0 Å². The summed E-state index contributed by atoms with van der Waals surface area (Å²) in [4.78, 5) is 15.1. The molecule has 2 aromatic rings. The Bertz CT molecular complexity index is 587. The molecule has 0 atom stereocenters. The van der Waals surface area contributed by atoms with E-state index in [0.717, 1.165) is 18.3 Å². The molecule has 6 heteroatoms. The van der Waals surface area contributed by atoms with Crippen LogP contribution >= 0.6 is 11.6 Å². The molecule has 3 nitrogen and oxygen atoms in total. The number of halogens is 3. The minimum absolute atomic E-state index is 0.149. The molecule has 0 saturated heterocycles. The summed E-state index contributed by atoms with van der Waals surface area (Å²) in [6.45, 7) is 0. The van der Waals surface area contributed by atoms with Gasteiger partial charge < -0.3 is 5.32 Å². The number of carbonyl (C=O) groups excluding carboxylic acids is 1. The van der Waals surface area contributed by atoms with Gasteiger partial charge in [-0.1, -0.05) is 11.6 Å². The van der Waals surface area contributed by atoms with Crippen LogP contribution in [0.2, 0.25) is 5.02 Å². The Kier molecular flexibility index (Phi) is 3.53. The van der Waals surface area contributed by atoms with E-state index in [9.17, 15) is 13.6 Å². The van der Waals surface area contributed by atoms with E-state index in [1.165, 1.54) is 18.2 Å². The normalized spacial score (nSPS) is 10.2. The lowest BCUT2D eigenvalue weighted by Crippen LogP contribution is -2.13. The number of amides is 1. The van der Waals surface area contributed by atoms with Gasteiger partial charge in [-0.05, 0) is 30.3 Å². The highest BCUT2D eigenvalue weighted by Crippen LogP contribution is 2.16. The number of aromatic nitrogens is 1. The Hall–Kier alpha value is -2.01. The third-order valence-corrected chi connectivity index (χ3v) is 2.40. The van der Waals surface area contributed by atoms with E-state index in [-0.39, 0.29) is 16.3 Å². The summed E-state index contributed by atoms with van der Waals surface area (Å²) in [6, 6.07) is 6.13. The summed E-state index contributed by atoms with van der Waals surface area (Å²) in [5, 5.41) is 2.60. The maximum Gasteiger partial charge on any atom is 0.258 e. The molecule has 0 aliphatic heterocycles. The standard InChI is InChI=1S/C12H7ClF2N2O/c13-7-1-3-9(10(14)5-7)12(18)17-8-2-4-11(15)16-6-8/h1-6H,(H,17,18). The van der Waals surface area contributed by atoms with Crippen molar-refractivity contribution in [2.24, 2.45) is 0 Å². The van der Waals surface area contributed by atoms with E-state index in [2.05, 4.69) is 10.3 Å². The first-order chi connectivity index (χ1) is 8.56. The van der Waals surface area contributed by atoms with Crippen LogP contribution in [-0.2, 0) is 0 Å². The van der Waals surface area contributed by atoms with Crippen LogP contribution in [0.5, 0.6) is 0 Å². The van der Waals surface area contributed by atoms with E-state index in [4.69, 9.17) is 11.6 Å². The van der Waals surface area contributed by atoms with Gasteiger partial charge in [0.25, 0.3) is 5.91 Å². The number of hydrogen-bond acceptors (Lipinski definition) is 2. The van der Waals surface area contributed by atoms with Crippen molar-refractivity contribution in [3.8, 4) is 0 Å². The third kappa shape index (κ3) is 2.81. The monoisotopic (exact) mass is 268 g/mol. The largest absolute Gasteiger partial charge is 0.320 e. The summed E-state index contributed by atoms with van der Waals surface area (Å²) in [5.41, 5.74) is 0.125. The van der Waals surface area contributed by atoms with E-state index in [0.29, 0.717) is 0 Å². The van der Waals surface area contributed by atoms with Crippen LogP contribution in [0.15, 0.2) is 36.5 Å². The number of carbonyl (C=O) groups is 1. The van der Waals surface area contributed by atoms with Gasteiger partial charge in [-0.2, -0.15) is 4.39 Å². The Balaban J connectivity index is 2.19. The van der Waals surface area contributed by atoms with Crippen molar-refractivity contribution >= 4 is 23.2 Å². The highest BCUT2D eigenvalue weighted by Gasteiger charge is 2.12. The molecule has 0 aliphatic rings. The second kappa shape index (κ2) is 5.10. The smallest absolute Gasteiger partial charge is 0.258 e. The molecule has 0 radical (unpaired) electrons. The van der Waals surface area contributed by atoms with Crippen molar-refractivity contribution in [1.29, 1.82) is 0 Å². The zero-order valence-corrected chi connectivity index (χ0v) is 9.71. The Morgan fingerprint density at radius 3 is 2.61 bits per heavy atom. The summed E-state index contributed by atoms with van der Waals surface area (Å²) < 4.78 is 26.0. The van der Waals surface area contributed by atoms with E-state index in [1.54, 1.807) is 0 Å². The summed E-state index contributed by atoms with van der Waals surface area (Å²) >= 11 is 5.58. The third-order valence-electron chi connectivity index (χ3n) is 2.16. The maximum absolute atomic E-state index is 13.4. The van der Waals surface area contributed by atoms with Crippen molar-refractivity contribution in [2.75, 3.05) is 5.32 Å². The molecule has 1 heterocycles. The van der Waals surface area contributed by atoms with Crippen molar-refractivity contribution in [3.63, 3.8) is 0 Å². The number of nitrogens with zero attached hydrogens (tertiary/aromatic N) is 1. The van der Waals surface area contributed by atoms with Gasteiger partial charge in [-0.25, -0.2) is 9.37 Å². The summed E-state index contributed by atoms with van der Waals surface area (Å²) in [7, 11) is 0. The molecule has 0 unspecified atom stereocenters. The predicted octanol–water partition coefficient (Wildman–Crippen LogP) is 3.27. The average Bonchev–Trinajstić information content (AvgIpc) is 2.32. The van der Waals surface area contributed by atoms with E-state index in [1.807, 2.05) is 0 Å². The number of hydrogen-bond donors (Lipinski definition) is 1.